The molecule has 1 aromatic carbocycles. The number of hydrogen-bond acceptors (Lipinski definition) is 6. The number of hydrogen-bond donors (Lipinski definition) is 0. The molecule has 2 aromatic heterocycles. The van der Waals surface area contributed by atoms with Crippen LogP contribution in [-0.2, 0) is 6.18 Å². The lowest BCUT2D eigenvalue weighted by atomic mass is 9.95. The van der Waals surface area contributed by atoms with E-state index in [4.69, 9.17) is 9.72 Å². The molecule has 0 amide bonds. The summed E-state index contributed by atoms with van der Waals surface area (Å²) in [6.45, 7) is 5.79. The first-order chi connectivity index (χ1) is 19.2. The highest BCUT2D eigenvalue weighted by Gasteiger charge is 2.45. The molecule has 212 valence electrons. The highest BCUT2D eigenvalue weighted by Crippen LogP contribution is 2.43. The number of halogens is 4. The van der Waals surface area contributed by atoms with Crippen LogP contribution in [0.3, 0.4) is 0 Å². The lowest BCUT2D eigenvalue weighted by molar-refractivity contribution is -0.137. The average Bonchev–Trinajstić information content (AvgIpc) is 3.60. The maximum absolute atomic E-state index is 16.3. The van der Waals surface area contributed by atoms with Crippen molar-refractivity contribution in [3.63, 3.8) is 0 Å². The third kappa shape index (κ3) is 4.39. The predicted octanol–water partition coefficient (Wildman–Crippen LogP) is 6.40. The molecule has 3 aliphatic heterocycles. The number of ether oxygens (including phenoxy) is 1. The summed E-state index contributed by atoms with van der Waals surface area (Å²) in [4.78, 5) is 18.2. The van der Waals surface area contributed by atoms with Crippen LogP contribution in [0.15, 0.2) is 24.4 Å². The van der Waals surface area contributed by atoms with Gasteiger partial charge in [0.15, 0.2) is 5.82 Å². The van der Waals surface area contributed by atoms with Gasteiger partial charge in [-0.3, -0.25) is 9.88 Å². The lowest BCUT2D eigenvalue weighted by Gasteiger charge is -2.34. The average molecular weight is 556 g/mol. The van der Waals surface area contributed by atoms with Gasteiger partial charge in [-0.1, -0.05) is 11.6 Å². The highest BCUT2D eigenvalue weighted by molar-refractivity contribution is 5.92. The van der Waals surface area contributed by atoms with Gasteiger partial charge in [0.25, 0.3) is 0 Å². The Morgan fingerprint density at radius 3 is 2.48 bits per heavy atom. The molecule has 2 atom stereocenters. The van der Waals surface area contributed by atoms with Crippen molar-refractivity contribution in [1.82, 2.24) is 19.9 Å². The quantitative estimate of drug-likeness (QED) is 0.340. The topological polar surface area (TPSA) is 54.4 Å². The summed E-state index contributed by atoms with van der Waals surface area (Å²) in [7, 11) is 0. The molecule has 0 radical (unpaired) electrons. The van der Waals surface area contributed by atoms with Crippen LogP contribution in [-0.4, -0.2) is 58.2 Å². The molecule has 40 heavy (non-hydrogen) atoms. The summed E-state index contributed by atoms with van der Waals surface area (Å²) >= 11 is 0. The number of rotatable bonds is 5. The molecule has 0 spiro atoms. The molecule has 3 aromatic rings. The Balaban J connectivity index is 1.34. The third-order valence-electron chi connectivity index (χ3n) is 9.57. The molecule has 7 rings (SSSR count). The Morgan fingerprint density at radius 1 is 1.05 bits per heavy atom. The zero-order valence-corrected chi connectivity index (χ0v) is 22.6. The van der Waals surface area contributed by atoms with Gasteiger partial charge in [-0.05, 0) is 88.9 Å². The molecular weight excluding hydrogens is 522 g/mol. The Bertz CT molecular complexity index is 1440. The third-order valence-corrected chi connectivity index (χ3v) is 9.57. The van der Waals surface area contributed by atoms with Crippen LogP contribution in [0.4, 0.5) is 23.4 Å². The van der Waals surface area contributed by atoms with E-state index in [2.05, 4.69) is 19.8 Å². The number of nitrogens with zero attached hydrogens (tertiary/aromatic N) is 5. The van der Waals surface area contributed by atoms with Crippen LogP contribution in [0, 0.1) is 24.6 Å². The first-order valence-electron chi connectivity index (χ1n) is 14.4. The summed E-state index contributed by atoms with van der Waals surface area (Å²) in [5.74, 6) is 0.776. The van der Waals surface area contributed by atoms with E-state index < -0.39 is 17.6 Å². The molecule has 10 heteroatoms. The number of pyridine rings is 1. The molecule has 4 aliphatic rings. The fraction of sp³-hybridized carbons (Fsp3) is 0.567. The van der Waals surface area contributed by atoms with Crippen molar-refractivity contribution in [1.29, 1.82) is 0 Å². The molecule has 4 fully saturated rings. The number of aromatic nitrogens is 3. The van der Waals surface area contributed by atoms with Gasteiger partial charge < -0.3 is 9.64 Å². The summed E-state index contributed by atoms with van der Waals surface area (Å²) in [6, 6.07) is 3.75. The maximum atomic E-state index is 16.3. The van der Waals surface area contributed by atoms with Gasteiger partial charge in [0, 0.05) is 24.8 Å². The standard InChI is InChI=1S/C30H33F4N5O/c1-18-4-7-23(30(32,33)34)21(12-18)25-24(31)26-22(14-35-25)27(38-15-19-5-6-20(13-19)16-38)37-28(36-26)40-17-29-8-2-10-39(29)11-3-9-29/h4,7,12,14,19-20H,2-3,5-6,8-11,13,15-17H2,1H3. The van der Waals surface area contributed by atoms with Crippen LogP contribution < -0.4 is 9.64 Å². The van der Waals surface area contributed by atoms with Gasteiger partial charge in [-0.15, -0.1) is 0 Å². The monoisotopic (exact) mass is 555 g/mol. The fourth-order valence-electron chi connectivity index (χ4n) is 7.66. The predicted molar refractivity (Wildman–Crippen MR) is 144 cm³/mol. The Hall–Kier alpha value is -3.01. The highest BCUT2D eigenvalue weighted by atomic mass is 19.4. The van der Waals surface area contributed by atoms with E-state index in [0.717, 1.165) is 70.8 Å². The first kappa shape index (κ1) is 25.9. The largest absolute Gasteiger partial charge is 0.461 e. The molecule has 2 bridgehead atoms. The van der Waals surface area contributed by atoms with E-state index in [1.54, 1.807) is 6.92 Å². The Morgan fingerprint density at radius 2 is 1.77 bits per heavy atom. The van der Waals surface area contributed by atoms with Crippen molar-refractivity contribution in [3.8, 4) is 17.3 Å². The molecule has 6 nitrogen and oxygen atoms in total. The second-order valence-electron chi connectivity index (χ2n) is 12.2. The second kappa shape index (κ2) is 9.53. The van der Waals surface area contributed by atoms with Gasteiger partial charge in [-0.2, -0.15) is 23.1 Å². The lowest BCUT2D eigenvalue weighted by Crippen LogP contribution is -2.43. The van der Waals surface area contributed by atoms with Crippen molar-refractivity contribution in [2.45, 2.75) is 63.6 Å². The van der Waals surface area contributed by atoms with Gasteiger partial charge in [-0.25, -0.2) is 4.39 Å². The van der Waals surface area contributed by atoms with E-state index >= 15 is 4.39 Å². The summed E-state index contributed by atoms with van der Waals surface area (Å²) in [5.41, 5.74) is -1.11. The number of alkyl halides is 3. The summed E-state index contributed by atoms with van der Waals surface area (Å²) in [5, 5.41) is 0.401. The molecule has 0 N–H and O–H groups in total. The number of aryl methyl sites for hydroxylation is 1. The molecule has 1 saturated carbocycles. The smallest absolute Gasteiger partial charge is 0.417 e. The van der Waals surface area contributed by atoms with Crippen LogP contribution in [0.2, 0.25) is 0 Å². The van der Waals surface area contributed by atoms with Gasteiger partial charge in [0.2, 0.25) is 0 Å². The van der Waals surface area contributed by atoms with Crippen molar-refractivity contribution in [2.75, 3.05) is 37.7 Å². The fourth-order valence-corrected chi connectivity index (χ4v) is 7.66. The number of anilines is 1. The zero-order chi connectivity index (χ0) is 27.6. The van der Waals surface area contributed by atoms with Crippen molar-refractivity contribution >= 4 is 16.7 Å². The molecule has 2 unspecified atom stereocenters. The van der Waals surface area contributed by atoms with Gasteiger partial charge in [0.05, 0.1) is 16.5 Å². The number of benzene rings is 1. The zero-order valence-electron chi connectivity index (χ0n) is 22.6. The van der Waals surface area contributed by atoms with Gasteiger partial charge in [0.1, 0.15) is 23.6 Å². The normalized spacial score (nSPS) is 24.2. The molecule has 1 aliphatic carbocycles. The number of fused-ring (bicyclic) bond motifs is 4. The second-order valence-corrected chi connectivity index (χ2v) is 12.2. The van der Waals surface area contributed by atoms with Crippen LogP contribution in [0.5, 0.6) is 6.01 Å². The molecule has 3 saturated heterocycles. The number of piperidine rings is 1. The van der Waals surface area contributed by atoms with Crippen LogP contribution in [0.25, 0.3) is 22.2 Å². The Kier molecular flexibility index (Phi) is 6.18. The first-order valence-corrected chi connectivity index (χ1v) is 14.4. The van der Waals surface area contributed by atoms with Crippen LogP contribution in [0.1, 0.15) is 56.1 Å². The van der Waals surface area contributed by atoms with E-state index in [9.17, 15) is 13.2 Å². The minimum absolute atomic E-state index is 0.0478. The maximum Gasteiger partial charge on any atom is 0.417 e. The van der Waals surface area contributed by atoms with Crippen LogP contribution >= 0.6 is 0 Å². The SMILES string of the molecule is Cc1ccc(C(F)(F)F)c(-c2ncc3c(N4CC5CCC(C5)C4)nc(OCC45CCCN4CCC5)nc3c2F)c1. The molecule has 5 heterocycles. The van der Waals surface area contributed by atoms with E-state index in [1.165, 1.54) is 24.8 Å². The van der Waals surface area contributed by atoms with E-state index in [0.29, 0.717) is 35.2 Å². The minimum atomic E-state index is -4.65. The minimum Gasteiger partial charge on any atom is -0.461 e. The summed E-state index contributed by atoms with van der Waals surface area (Å²) < 4.78 is 64.3. The summed E-state index contributed by atoms with van der Waals surface area (Å²) in [6.07, 6.45) is 4.60. The van der Waals surface area contributed by atoms with Crippen molar-refractivity contribution < 1.29 is 22.3 Å². The molecular formula is C30H33F4N5O. The van der Waals surface area contributed by atoms with E-state index in [1.807, 2.05) is 0 Å². The van der Waals surface area contributed by atoms with Crippen molar-refractivity contribution in [2.24, 2.45) is 11.8 Å². The van der Waals surface area contributed by atoms with Gasteiger partial charge >= 0.3 is 12.2 Å². The van der Waals surface area contributed by atoms with Crippen molar-refractivity contribution in [3.05, 3.63) is 41.3 Å². The Labute approximate surface area is 230 Å². The van der Waals surface area contributed by atoms with E-state index in [-0.39, 0.29) is 28.3 Å².